The predicted octanol–water partition coefficient (Wildman–Crippen LogP) is 3.21. The molecule has 2 aliphatic rings. The normalized spacial score (nSPS) is 44.7. The fourth-order valence-corrected chi connectivity index (χ4v) is 3.46. The van der Waals surface area contributed by atoms with Gasteiger partial charge in [-0.3, -0.25) is 0 Å². The molecule has 0 aliphatic heterocycles. The molecule has 0 aromatic heterocycles. The molecule has 0 unspecified atom stereocenters. The maximum absolute atomic E-state index is 3.53. The Hall–Kier alpha value is 0.480. The van der Waals surface area contributed by atoms with Crippen LogP contribution in [0.3, 0.4) is 0 Å². The van der Waals surface area contributed by atoms with Crippen molar-refractivity contribution in [3.05, 3.63) is 0 Å². The van der Waals surface area contributed by atoms with E-state index in [2.05, 4.69) is 15.9 Å². The molecular formula is C9H15Br. The molecule has 0 aromatic carbocycles. The first kappa shape index (κ1) is 7.15. The van der Waals surface area contributed by atoms with Crippen LogP contribution in [0.5, 0.6) is 0 Å². The van der Waals surface area contributed by atoms with Gasteiger partial charge in [-0.25, -0.2) is 0 Å². The summed E-state index contributed by atoms with van der Waals surface area (Å²) in [5.41, 5.74) is 0. The van der Waals surface area contributed by atoms with Crippen molar-refractivity contribution in [1.29, 1.82) is 0 Å². The summed E-state index contributed by atoms with van der Waals surface area (Å²) in [5, 5.41) is 1.22. The standard InChI is InChI=1S/C9H15Br/c10-4-3-9-6-7-1-2-8(9)5-7/h7-9H,1-6H2/t7-,8+,9-/m1/s1. The average Bonchev–Trinajstić information content (AvgIpc) is 2.48. The smallest absolute Gasteiger partial charge is 0.00340 e. The fourth-order valence-electron chi connectivity index (χ4n) is 2.87. The van der Waals surface area contributed by atoms with Gasteiger partial charge in [0.25, 0.3) is 0 Å². The molecule has 0 aromatic rings. The molecule has 2 aliphatic carbocycles. The lowest BCUT2D eigenvalue weighted by atomic mass is 9.87. The molecule has 0 spiro atoms. The van der Waals surface area contributed by atoms with E-state index in [4.69, 9.17) is 0 Å². The van der Waals surface area contributed by atoms with Crippen LogP contribution in [0.1, 0.15) is 32.1 Å². The maximum Gasteiger partial charge on any atom is 0.00340 e. The van der Waals surface area contributed by atoms with Gasteiger partial charge in [0.1, 0.15) is 0 Å². The second-order valence-electron chi connectivity index (χ2n) is 3.91. The molecule has 58 valence electrons. The zero-order chi connectivity index (χ0) is 6.97. The summed E-state index contributed by atoms with van der Waals surface area (Å²) >= 11 is 3.53. The number of halogens is 1. The fraction of sp³-hybridized carbons (Fsp3) is 1.00. The van der Waals surface area contributed by atoms with Crippen LogP contribution in [-0.4, -0.2) is 5.33 Å². The molecule has 0 heterocycles. The van der Waals surface area contributed by atoms with Crippen LogP contribution in [0, 0.1) is 17.8 Å². The summed E-state index contributed by atoms with van der Waals surface area (Å²) in [7, 11) is 0. The molecule has 1 heteroatoms. The van der Waals surface area contributed by atoms with Gasteiger partial charge < -0.3 is 0 Å². The molecule has 0 N–H and O–H groups in total. The van der Waals surface area contributed by atoms with E-state index in [1.165, 1.54) is 11.8 Å². The molecule has 2 saturated carbocycles. The van der Waals surface area contributed by atoms with E-state index in [1.54, 1.807) is 25.7 Å². The van der Waals surface area contributed by atoms with Crippen LogP contribution < -0.4 is 0 Å². The Morgan fingerprint density at radius 1 is 1.20 bits per heavy atom. The van der Waals surface area contributed by atoms with Crippen LogP contribution >= 0.6 is 15.9 Å². The number of fused-ring (bicyclic) bond motifs is 2. The van der Waals surface area contributed by atoms with Crippen molar-refractivity contribution in [3.63, 3.8) is 0 Å². The highest BCUT2D eigenvalue weighted by Crippen LogP contribution is 2.49. The Morgan fingerprint density at radius 2 is 2.10 bits per heavy atom. The molecule has 0 nitrogen and oxygen atoms in total. The van der Waals surface area contributed by atoms with E-state index in [1.807, 2.05) is 0 Å². The van der Waals surface area contributed by atoms with Crippen LogP contribution in [0.4, 0.5) is 0 Å². The maximum atomic E-state index is 3.53. The van der Waals surface area contributed by atoms with Crippen molar-refractivity contribution in [2.24, 2.45) is 17.8 Å². The van der Waals surface area contributed by atoms with Gasteiger partial charge in [0, 0.05) is 5.33 Å². The second-order valence-corrected chi connectivity index (χ2v) is 4.71. The lowest BCUT2D eigenvalue weighted by molar-refractivity contribution is 0.327. The minimum atomic E-state index is 1.10. The number of hydrogen-bond acceptors (Lipinski definition) is 0. The quantitative estimate of drug-likeness (QED) is 0.604. The molecular weight excluding hydrogens is 188 g/mol. The van der Waals surface area contributed by atoms with Gasteiger partial charge in [0.05, 0.1) is 0 Å². The summed E-state index contributed by atoms with van der Waals surface area (Å²) in [6.45, 7) is 0. The molecule has 2 fully saturated rings. The number of alkyl halides is 1. The van der Waals surface area contributed by atoms with Crippen LogP contribution in [-0.2, 0) is 0 Å². The van der Waals surface area contributed by atoms with Crippen molar-refractivity contribution in [1.82, 2.24) is 0 Å². The molecule has 0 amide bonds. The van der Waals surface area contributed by atoms with Crippen molar-refractivity contribution in [2.45, 2.75) is 32.1 Å². The van der Waals surface area contributed by atoms with E-state index in [-0.39, 0.29) is 0 Å². The first-order valence-corrected chi connectivity index (χ1v) is 5.58. The zero-order valence-corrected chi connectivity index (χ0v) is 7.94. The third kappa shape index (κ3) is 1.13. The van der Waals surface area contributed by atoms with Crippen LogP contribution in [0.25, 0.3) is 0 Å². The minimum absolute atomic E-state index is 1.10. The molecule has 3 atom stereocenters. The average molecular weight is 203 g/mol. The van der Waals surface area contributed by atoms with E-state index in [9.17, 15) is 0 Å². The highest BCUT2D eigenvalue weighted by molar-refractivity contribution is 9.09. The van der Waals surface area contributed by atoms with Crippen LogP contribution in [0.15, 0.2) is 0 Å². The SMILES string of the molecule is BrCC[C@@H]1C[C@@H]2CC[C@H]1C2. The highest BCUT2D eigenvalue weighted by atomic mass is 79.9. The van der Waals surface area contributed by atoms with Crippen molar-refractivity contribution in [3.8, 4) is 0 Å². The highest BCUT2D eigenvalue weighted by Gasteiger charge is 2.38. The predicted molar refractivity (Wildman–Crippen MR) is 47.3 cm³/mol. The Kier molecular flexibility index (Phi) is 2.03. The monoisotopic (exact) mass is 202 g/mol. The summed E-state index contributed by atoms with van der Waals surface area (Å²) in [6.07, 6.45) is 7.64. The molecule has 2 bridgehead atoms. The van der Waals surface area contributed by atoms with Gasteiger partial charge >= 0.3 is 0 Å². The van der Waals surface area contributed by atoms with Gasteiger partial charge in [-0.05, 0) is 43.4 Å². The first-order valence-electron chi connectivity index (χ1n) is 4.46. The van der Waals surface area contributed by atoms with Crippen molar-refractivity contribution in [2.75, 3.05) is 5.33 Å². The van der Waals surface area contributed by atoms with Gasteiger partial charge in [-0.1, -0.05) is 22.4 Å². The van der Waals surface area contributed by atoms with E-state index < -0.39 is 0 Å². The molecule has 10 heavy (non-hydrogen) atoms. The summed E-state index contributed by atoms with van der Waals surface area (Å²) in [5.74, 6) is 3.36. The first-order chi connectivity index (χ1) is 4.90. The third-order valence-corrected chi connectivity index (χ3v) is 3.82. The van der Waals surface area contributed by atoms with Crippen molar-refractivity contribution >= 4 is 15.9 Å². The van der Waals surface area contributed by atoms with Gasteiger partial charge in [-0.15, -0.1) is 0 Å². The van der Waals surface area contributed by atoms with Crippen LogP contribution in [0.2, 0.25) is 0 Å². The Morgan fingerprint density at radius 3 is 2.60 bits per heavy atom. The van der Waals surface area contributed by atoms with E-state index in [0.717, 1.165) is 17.8 Å². The van der Waals surface area contributed by atoms with E-state index >= 15 is 0 Å². The Balaban J connectivity index is 1.90. The third-order valence-electron chi connectivity index (χ3n) is 3.36. The molecule has 2 rings (SSSR count). The number of hydrogen-bond donors (Lipinski definition) is 0. The Labute approximate surface area is 71.5 Å². The van der Waals surface area contributed by atoms with Gasteiger partial charge in [-0.2, -0.15) is 0 Å². The minimum Gasteiger partial charge on any atom is -0.0928 e. The molecule has 0 radical (unpaired) electrons. The van der Waals surface area contributed by atoms with Crippen molar-refractivity contribution < 1.29 is 0 Å². The Bertz CT molecular complexity index is 122. The van der Waals surface area contributed by atoms with Gasteiger partial charge in [0.2, 0.25) is 0 Å². The second kappa shape index (κ2) is 2.84. The van der Waals surface area contributed by atoms with Gasteiger partial charge in [0.15, 0.2) is 0 Å². The summed E-state index contributed by atoms with van der Waals surface area (Å²) < 4.78 is 0. The molecule has 0 saturated heterocycles. The lowest BCUT2D eigenvalue weighted by Gasteiger charge is -2.19. The topological polar surface area (TPSA) is 0 Å². The summed E-state index contributed by atoms with van der Waals surface area (Å²) in [4.78, 5) is 0. The van der Waals surface area contributed by atoms with E-state index in [0.29, 0.717) is 0 Å². The number of rotatable bonds is 2. The summed E-state index contributed by atoms with van der Waals surface area (Å²) in [6, 6.07) is 0. The largest absolute Gasteiger partial charge is 0.0928 e. The lowest BCUT2D eigenvalue weighted by Crippen LogP contribution is -2.10. The zero-order valence-electron chi connectivity index (χ0n) is 6.35.